The number of fused-ring (bicyclic) bond motifs is 1. The van der Waals surface area contributed by atoms with Gasteiger partial charge in [0.2, 0.25) is 0 Å². The Morgan fingerprint density at radius 2 is 1.95 bits per heavy atom. The standard InChI is InChI=1S/C15H11N3O4/c1-9-16-13-8-10(2-7-14(13)22-9)15(19)17-11-3-5-12(6-4-11)18(20)21/h2-8H,1H3,(H,17,19). The summed E-state index contributed by atoms with van der Waals surface area (Å²) in [7, 11) is 0. The second-order valence-corrected chi connectivity index (χ2v) is 4.67. The average molecular weight is 297 g/mol. The Hall–Kier alpha value is -3.22. The van der Waals surface area contributed by atoms with Gasteiger partial charge in [0.1, 0.15) is 5.52 Å². The second kappa shape index (κ2) is 5.28. The summed E-state index contributed by atoms with van der Waals surface area (Å²) in [5, 5.41) is 13.3. The van der Waals surface area contributed by atoms with Crippen molar-refractivity contribution in [1.29, 1.82) is 0 Å². The number of carbonyl (C=O) groups excluding carboxylic acids is 1. The molecule has 2 aromatic carbocycles. The first kappa shape index (κ1) is 13.7. The molecule has 7 nitrogen and oxygen atoms in total. The quantitative estimate of drug-likeness (QED) is 0.590. The van der Waals surface area contributed by atoms with Gasteiger partial charge in [-0.1, -0.05) is 0 Å². The zero-order valence-electron chi connectivity index (χ0n) is 11.6. The molecule has 1 heterocycles. The van der Waals surface area contributed by atoms with E-state index in [0.717, 1.165) is 0 Å². The molecule has 3 aromatic rings. The van der Waals surface area contributed by atoms with Crippen LogP contribution < -0.4 is 5.32 Å². The van der Waals surface area contributed by atoms with Gasteiger partial charge in [-0.25, -0.2) is 4.98 Å². The van der Waals surface area contributed by atoms with E-state index in [2.05, 4.69) is 10.3 Å². The lowest BCUT2D eigenvalue weighted by atomic mass is 10.2. The Kier molecular flexibility index (Phi) is 3.30. The minimum atomic E-state index is -0.494. The molecule has 0 saturated heterocycles. The number of nitrogens with one attached hydrogen (secondary N) is 1. The van der Waals surface area contributed by atoms with Gasteiger partial charge in [-0.05, 0) is 30.3 Å². The minimum absolute atomic E-state index is 0.0301. The van der Waals surface area contributed by atoms with Gasteiger partial charge < -0.3 is 9.73 Å². The summed E-state index contributed by atoms with van der Waals surface area (Å²) in [5.74, 6) is 0.208. The predicted molar refractivity (Wildman–Crippen MR) is 79.8 cm³/mol. The van der Waals surface area contributed by atoms with Crippen LogP contribution in [-0.2, 0) is 0 Å². The molecular formula is C15H11N3O4. The number of carbonyl (C=O) groups is 1. The fourth-order valence-electron chi connectivity index (χ4n) is 2.05. The number of aromatic nitrogens is 1. The van der Waals surface area contributed by atoms with Gasteiger partial charge in [0.15, 0.2) is 11.5 Å². The molecule has 0 saturated carbocycles. The van der Waals surface area contributed by atoms with Crippen LogP contribution in [-0.4, -0.2) is 15.8 Å². The fraction of sp³-hybridized carbons (Fsp3) is 0.0667. The zero-order valence-corrected chi connectivity index (χ0v) is 11.6. The van der Waals surface area contributed by atoms with E-state index in [1.807, 2.05) is 0 Å². The van der Waals surface area contributed by atoms with Crippen LogP contribution in [0, 0.1) is 17.0 Å². The Morgan fingerprint density at radius 3 is 2.64 bits per heavy atom. The third kappa shape index (κ3) is 2.64. The van der Waals surface area contributed by atoms with E-state index < -0.39 is 4.92 Å². The largest absolute Gasteiger partial charge is 0.441 e. The third-order valence-corrected chi connectivity index (χ3v) is 3.09. The maximum Gasteiger partial charge on any atom is 0.269 e. The molecule has 1 N–H and O–H groups in total. The number of oxazole rings is 1. The SMILES string of the molecule is Cc1nc2cc(C(=O)Nc3ccc([N+](=O)[O-])cc3)ccc2o1. The average Bonchev–Trinajstić information content (AvgIpc) is 2.86. The summed E-state index contributed by atoms with van der Waals surface area (Å²) >= 11 is 0. The number of aryl methyl sites for hydroxylation is 1. The molecule has 0 bridgehead atoms. The van der Waals surface area contributed by atoms with Crippen LogP contribution in [0.5, 0.6) is 0 Å². The van der Waals surface area contributed by atoms with E-state index >= 15 is 0 Å². The molecule has 3 rings (SSSR count). The van der Waals surface area contributed by atoms with Crippen molar-refractivity contribution in [3.63, 3.8) is 0 Å². The van der Waals surface area contributed by atoms with E-state index in [9.17, 15) is 14.9 Å². The number of rotatable bonds is 3. The molecule has 0 aliphatic rings. The van der Waals surface area contributed by atoms with Gasteiger partial charge in [0, 0.05) is 30.3 Å². The van der Waals surface area contributed by atoms with Crippen molar-refractivity contribution in [1.82, 2.24) is 4.98 Å². The van der Waals surface area contributed by atoms with Crippen molar-refractivity contribution in [2.45, 2.75) is 6.92 Å². The molecule has 0 atom stereocenters. The number of anilines is 1. The molecular weight excluding hydrogens is 286 g/mol. The highest BCUT2D eigenvalue weighted by Gasteiger charge is 2.11. The highest BCUT2D eigenvalue weighted by Crippen LogP contribution is 2.19. The number of hydrogen-bond donors (Lipinski definition) is 1. The highest BCUT2D eigenvalue weighted by atomic mass is 16.6. The van der Waals surface area contributed by atoms with Gasteiger partial charge in [-0.15, -0.1) is 0 Å². The highest BCUT2D eigenvalue weighted by molar-refractivity contribution is 6.05. The number of benzene rings is 2. The van der Waals surface area contributed by atoms with Crippen molar-refractivity contribution in [2.24, 2.45) is 0 Å². The number of nitro benzene ring substituents is 1. The molecule has 0 unspecified atom stereocenters. The summed E-state index contributed by atoms with van der Waals surface area (Å²) in [5.41, 5.74) is 2.10. The molecule has 110 valence electrons. The lowest BCUT2D eigenvalue weighted by Crippen LogP contribution is -2.11. The van der Waals surface area contributed by atoms with Gasteiger partial charge in [-0.2, -0.15) is 0 Å². The maximum absolute atomic E-state index is 12.2. The van der Waals surface area contributed by atoms with Crippen molar-refractivity contribution in [3.8, 4) is 0 Å². The van der Waals surface area contributed by atoms with Gasteiger partial charge in [0.25, 0.3) is 11.6 Å². The van der Waals surface area contributed by atoms with Crippen LogP contribution in [0.3, 0.4) is 0 Å². The van der Waals surface area contributed by atoms with Crippen molar-refractivity contribution >= 4 is 28.4 Å². The van der Waals surface area contributed by atoms with Crippen LogP contribution in [0.1, 0.15) is 16.2 Å². The Labute approximate surface area is 124 Å². The first-order valence-electron chi connectivity index (χ1n) is 6.46. The van der Waals surface area contributed by atoms with Crippen LogP contribution >= 0.6 is 0 Å². The predicted octanol–water partition coefficient (Wildman–Crippen LogP) is 3.30. The first-order valence-corrected chi connectivity index (χ1v) is 6.46. The van der Waals surface area contributed by atoms with E-state index in [0.29, 0.717) is 28.2 Å². The Bertz CT molecular complexity index is 868. The summed E-state index contributed by atoms with van der Waals surface area (Å²) in [4.78, 5) is 26.4. The van der Waals surface area contributed by atoms with E-state index in [-0.39, 0.29) is 11.6 Å². The van der Waals surface area contributed by atoms with Crippen molar-refractivity contribution in [3.05, 3.63) is 64.0 Å². The molecule has 1 aromatic heterocycles. The van der Waals surface area contributed by atoms with Crippen molar-refractivity contribution < 1.29 is 14.1 Å². The van der Waals surface area contributed by atoms with Gasteiger partial charge in [-0.3, -0.25) is 14.9 Å². The second-order valence-electron chi connectivity index (χ2n) is 4.67. The molecule has 0 fully saturated rings. The van der Waals surface area contributed by atoms with Crippen LogP contribution in [0.15, 0.2) is 46.9 Å². The molecule has 0 radical (unpaired) electrons. The number of hydrogen-bond acceptors (Lipinski definition) is 5. The maximum atomic E-state index is 12.2. The normalized spacial score (nSPS) is 10.6. The van der Waals surface area contributed by atoms with Crippen molar-refractivity contribution in [2.75, 3.05) is 5.32 Å². The van der Waals surface area contributed by atoms with Crippen LogP contribution in [0.2, 0.25) is 0 Å². The van der Waals surface area contributed by atoms with E-state index in [1.54, 1.807) is 25.1 Å². The van der Waals surface area contributed by atoms with E-state index in [1.165, 1.54) is 24.3 Å². The molecule has 0 spiro atoms. The summed E-state index contributed by atoms with van der Waals surface area (Å²) in [6, 6.07) is 10.6. The molecule has 1 amide bonds. The molecule has 7 heteroatoms. The fourth-order valence-corrected chi connectivity index (χ4v) is 2.05. The summed E-state index contributed by atoms with van der Waals surface area (Å²) in [6.45, 7) is 1.73. The van der Waals surface area contributed by atoms with Crippen LogP contribution in [0.25, 0.3) is 11.1 Å². The Morgan fingerprint density at radius 1 is 1.23 bits per heavy atom. The molecule has 22 heavy (non-hydrogen) atoms. The number of nitrogens with zero attached hydrogens (tertiary/aromatic N) is 2. The molecule has 0 aliphatic carbocycles. The molecule has 0 aliphatic heterocycles. The van der Waals surface area contributed by atoms with E-state index in [4.69, 9.17) is 4.42 Å². The monoisotopic (exact) mass is 297 g/mol. The lowest BCUT2D eigenvalue weighted by molar-refractivity contribution is -0.384. The number of nitro groups is 1. The van der Waals surface area contributed by atoms with Gasteiger partial charge in [0.05, 0.1) is 4.92 Å². The van der Waals surface area contributed by atoms with Gasteiger partial charge >= 0.3 is 0 Å². The summed E-state index contributed by atoms with van der Waals surface area (Å²) < 4.78 is 5.35. The zero-order chi connectivity index (χ0) is 15.7. The van der Waals surface area contributed by atoms with Crippen LogP contribution in [0.4, 0.5) is 11.4 Å². The topological polar surface area (TPSA) is 98.3 Å². The minimum Gasteiger partial charge on any atom is -0.441 e. The smallest absolute Gasteiger partial charge is 0.269 e. The Balaban J connectivity index is 1.81. The summed E-state index contributed by atoms with van der Waals surface area (Å²) in [6.07, 6.45) is 0. The first-order chi connectivity index (χ1) is 10.5. The number of non-ortho nitro benzene ring substituents is 1. The lowest BCUT2D eigenvalue weighted by Gasteiger charge is -2.04. The number of amides is 1. The third-order valence-electron chi connectivity index (χ3n) is 3.09.